The first-order chi connectivity index (χ1) is 8.56. The van der Waals surface area contributed by atoms with Gasteiger partial charge in [0.25, 0.3) is 5.91 Å². The highest BCUT2D eigenvalue weighted by Crippen LogP contribution is 2.20. The molecule has 0 fully saturated rings. The topological polar surface area (TPSA) is 29.1 Å². The summed E-state index contributed by atoms with van der Waals surface area (Å²) in [6.07, 6.45) is 0. The van der Waals surface area contributed by atoms with Crippen molar-refractivity contribution < 1.29 is 9.18 Å². The minimum atomic E-state index is -0.618. The lowest BCUT2D eigenvalue weighted by atomic mass is 10.2. The third-order valence-electron chi connectivity index (χ3n) is 2.22. The van der Waals surface area contributed by atoms with Gasteiger partial charge in [0.2, 0.25) is 0 Å². The quantitative estimate of drug-likeness (QED) is 0.883. The summed E-state index contributed by atoms with van der Waals surface area (Å²) in [5, 5.41) is 4.85. The van der Waals surface area contributed by atoms with E-state index in [1.165, 1.54) is 23.5 Å². The Bertz CT molecular complexity index is 587. The van der Waals surface area contributed by atoms with E-state index in [-0.39, 0.29) is 10.6 Å². The molecule has 0 radical (unpaired) electrons. The molecule has 2 rings (SSSR count). The van der Waals surface area contributed by atoms with Crippen LogP contribution in [0.5, 0.6) is 0 Å². The van der Waals surface area contributed by atoms with Crippen molar-refractivity contribution in [3.63, 3.8) is 0 Å². The highest BCUT2D eigenvalue weighted by Gasteiger charge is 2.11. The van der Waals surface area contributed by atoms with Gasteiger partial charge in [-0.05, 0) is 40.2 Å². The highest BCUT2D eigenvalue weighted by molar-refractivity contribution is 9.10. The van der Waals surface area contributed by atoms with Gasteiger partial charge in [-0.25, -0.2) is 4.39 Å². The smallest absolute Gasteiger partial charge is 0.254 e. The molecule has 2 nitrogen and oxygen atoms in total. The first-order valence-corrected chi connectivity index (χ1v) is 7.07. The highest BCUT2D eigenvalue weighted by atomic mass is 79.9. The minimum Gasteiger partial charge on any atom is -0.347 e. The van der Waals surface area contributed by atoms with Crippen LogP contribution >= 0.6 is 38.9 Å². The summed E-state index contributed by atoms with van der Waals surface area (Å²) in [5.74, 6) is -1.07. The van der Waals surface area contributed by atoms with Crippen LogP contribution in [0.3, 0.4) is 0 Å². The molecule has 0 saturated heterocycles. The Labute approximate surface area is 121 Å². The monoisotopic (exact) mass is 347 g/mol. The van der Waals surface area contributed by atoms with E-state index in [4.69, 9.17) is 11.6 Å². The van der Waals surface area contributed by atoms with Crippen molar-refractivity contribution in [3.05, 3.63) is 55.4 Å². The molecule has 1 N–H and O–H groups in total. The summed E-state index contributed by atoms with van der Waals surface area (Å²) in [5.41, 5.74) is -0.00461. The molecule has 6 heteroatoms. The number of nitrogens with one attached hydrogen (secondary N) is 1. The zero-order chi connectivity index (χ0) is 13.1. The number of benzene rings is 1. The second-order valence-corrected chi connectivity index (χ2v) is 5.89. The maximum absolute atomic E-state index is 13.5. The molecule has 0 atom stereocenters. The second-order valence-electron chi connectivity index (χ2n) is 3.54. The van der Waals surface area contributed by atoms with Gasteiger partial charge in [0, 0.05) is 19.8 Å². The summed E-state index contributed by atoms with van der Waals surface area (Å²) < 4.78 is 14.4. The maximum Gasteiger partial charge on any atom is 0.254 e. The molecular formula is C12H8BrClFNOS. The van der Waals surface area contributed by atoms with E-state index in [0.717, 1.165) is 15.4 Å². The fourth-order valence-corrected chi connectivity index (χ4v) is 2.93. The first-order valence-electron chi connectivity index (χ1n) is 5.02. The van der Waals surface area contributed by atoms with Gasteiger partial charge in [-0.3, -0.25) is 4.79 Å². The molecule has 0 saturated carbocycles. The van der Waals surface area contributed by atoms with Crippen LogP contribution in [0.2, 0.25) is 5.02 Å². The van der Waals surface area contributed by atoms with Gasteiger partial charge in [0.1, 0.15) is 5.82 Å². The summed E-state index contributed by atoms with van der Waals surface area (Å²) in [6, 6.07) is 5.89. The summed E-state index contributed by atoms with van der Waals surface area (Å²) in [6.45, 7) is 0.372. The summed E-state index contributed by atoms with van der Waals surface area (Å²) in [7, 11) is 0. The first kappa shape index (κ1) is 13.5. The lowest BCUT2D eigenvalue weighted by Gasteiger charge is -2.05. The number of amides is 1. The van der Waals surface area contributed by atoms with Crippen LogP contribution in [0.1, 0.15) is 15.2 Å². The van der Waals surface area contributed by atoms with Gasteiger partial charge < -0.3 is 5.32 Å². The van der Waals surface area contributed by atoms with Crippen molar-refractivity contribution in [1.29, 1.82) is 0 Å². The van der Waals surface area contributed by atoms with Gasteiger partial charge >= 0.3 is 0 Å². The number of carbonyl (C=O) groups excluding carboxylic acids is 1. The molecule has 2 aromatic rings. The molecule has 0 aliphatic rings. The van der Waals surface area contributed by atoms with Gasteiger partial charge in [0.15, 0.2) is 0 Å². The normalized spacial score (nSPS) is 10.4. The molecule has 0 unspecified atom stereocenters. The van der Waals surface area contributed by atoms with Crippen LogP contribution in [0.15, 0.2) is 34.1 Å². The van der Waals surface area contributed by atoms with Crippen molar-refractivity contribution in [2.75, 3.05) is 0 Å². The van der Waals surface area contributed by atoms with Crippen molar-refractivity contribution in [2.45, 2.75) is 6.54 Å². The molecule has 1 heterocycles. The van der Waals surface area contributed by atoms with Gasteiger partial charge in [-0.15, -0.1) is 11.3 Å². The third-order valence-corrected chi connectivity index (χ3v) is 4.15. The SMILES string of the molecule is O=C(NCc1cc(Br)cs1)c1ccc(Cl)cc1F. The Morgan fingerprint density at radius 2 is 2.22 bits per heavy atom. The molecular weight excluding hydrogens is 341 g/mol. The predicted molar refractivity (Wildman–Crippen MR) is 74.6 cm³/mol. The number of thiophene rings is 1. The van der Waals surface area contributed by atoms with Crippen LogP contribution < -0.4 is 5.32 Å². The average molecular weight is 349 g/mol. The van der Waals surface area contributed by atoms with Crippen molar-refractivity contribution >= 4 is 44.8 Å². The Morgan fingerprint density at radius 3 is 2.83 bits per heavy atom. The standard InChI is InChI=1S/C12H8BrClFNOS/c13-7-3-9(18-6-7)5-16-12(17)10-2-1-8(14)4-11(10)15/h1-4,6H,5H2,(H,16,17). The Morgan fingerprint density at radius 1 is 1.44 bits per heavy atom. The Balaban J connectivity index is 2.03. The number of carbonyl (C=O) groups is 1. The van der Waals surface area contributed by atoms with E-state index < -0.39 is 11.7 Å². The number of halogens is 3. The van der Waals surface area contributed by atoms with Crippen molar-refractivity contribution in [2.24, 2.45) is 0 Å². The van der Waals surface area contributed by atoms with Gasteiger partial charge in [-0.1, -0.05) is 11.6 Å². The van der Waals surface area contributed by atoms with Crippen LogP contribution in [0, 0.1) is 5.82 Å². The van der Waals surface area contributed by atoms with E-state index >= 15 is 0 Å². The van der Waals surface area contributed by atoms with Crippen molar-refractivity contribution in [1.82, 2.24) is 5.32 Å². The maximum atomic E-state index is 13.5. The van der Waals surface area contributed by atoms with Gasteiger partial charge in [-0.2, -0.15) is 0 Å². The van der Waals surface area contributed by atoms with E-state index in [0.29, 0.717) is 6.54 Å². The van der Waals surface area contributed by atoms with E-state index in [1.807, 2.05) is 11.4 Å². The Hall–Kier alpha value is -0.910. The molecule has 94 valence electrons. The Kier molecular flexibility index (Phi) is 4.37. The molecule has 18 heavy (non-hydrogen) atoms. The van der Waals surface area contributed by atoms with Crippen LogP contribution in [-0.4, -0.2) is 5.91 Å². The third kappa shape index (κ3) is 3.31. The van der Waals surface area contributed by atoms with Crippen LogP contribution in [0.4, 0.5) is 4.39 Å². The molecule has 1 aromatic carbocycles. The molecule has 1 aromatic heterocycles. The molecule has 0 aliphatic carbocycles. The molecule has 1 amide bonds. The molecule has 0 aliphatic heterocycles. The number of rotatable bonds is 3. The number of hydrogen-bond donors (Lipinski definition) is 1. The largest absolute Gasteiger partial charge is 0.347 e. The lowest BCUT2D eigenvalue weighted by Crippen LogP contribution is -2.23. The summed E-state index contributed by atoms with van der Waals surface area (Å²) in [4.78, 5) is 12.7. The molecule has 0 spiro atoms. The van der Waals surface area contributed by atoms with E-state index in [2.05, 4.69) is 21.2 Å². The number of hydrogen-bond acceptors (Lipinski definition) is 2. The predicted octanol–water partition coefficient (Wildman–Crippen LogP) is 4.23. The van der Waals surface area contributed by atoms with Gasteiger partial charge in [0.05, 0.1) is 12.1 Å². The van der Waals surface area contributed by atoms with E-state index in [1.54, 1.807) is 0 Å². The molecule has 0 bridgehead atoms. The zero-order valence-corrected chi connectivity index (χ0v) is 12.2. The zero-order valence-electron chi connectivity index (χ0n) is 9.04. The van der Waals surface area contributed by atoms with Crippen LogP contribution in [0.25, 0.3) is 0 Å². The fraction of sp³-hybridized carbons (Fsp3) is 0.0833. The average Bonchev–Trinajstić information content (AvgIpc) is 2.72. The van der Waals surface area contributed by atoms with E-state index in [9.17, 15) is 9.18 Å². The summed E-state index contributed by atoms with van der Waals surface area (Å²) >= 11 is 10.5. The minimum absolute atomic E-state index is 0.00461. The second kappa shape index (κ2) is 5.82. The van der Waals surface area contributed by atoms with Crippen molar-refractivity contribution in [3.8, 4) is 0 Å². The lowest BCUT2D eigenvalue weighted by molar-refractivity contribution is 0.0947. The fourth-order valence-electron chi connectivity index (χ4n) is 1.38. The van der Waals surface area contributed by atoms with Crippen LogP contribution in [-0.2, 0) is 6.54 Å².